The van der Waals surface area contributed by atoms with Crippen molar-refractivity contribution in [3.05, 3.63) is 79.1 Å². The van der Waals surface area contributed by atoms with E-state index in [2.05, 4.69) is 15.5 Å². The molecule has 1 aromatic heterocycles. The van der Waals surface area contributed by atoms with Gasteiger partial charge in [-0.3, -0.25) is 4.79 Å². The predicted molar refractivity (Wildman–Crippen MR) is 94.0 cm³/mol. The van der Waals surface area contributed by atoms with Gasteiger partial charge in [-0.05, 0) is 42.5 Å². The van der Waals surface area contributed by atoms with E-state index in [0.717, 1.165) is 5.69 Å². The largest absolute Gasteiger partial charge is 0.503 e. The van der Waals surface area contributed by atoms with E-state index in [-0.39, 0.29) is 18.2 Å². The minimum absolute atomic E-state index is 0.114. The molecule has 6 heteroatoms. The first kappa shape index (κ1) is 16.3. The molecule has 25 heavy (non-hydrogen) atoms. The maximum absolute atomic E-state index is 12.0. The molecule has 124 valence electrons. The molecule has 6 nitrogen and oxygen atoms in total. The van der Waals surface area contributed by atoms with E-state index in [0.29, 0.717) is 11.4 Å². The van der Waals surface area contributed by atoms with E-state index >= 15 is 0 Å². The predicted octanol–water partition coefficient (Wildman–Crippen LogP) is 3.73. The van der Waals surface area contributed by atoms with Crippen molar-refractivity contribution in [3.63, 3.8) is 0 Å². The van der Waals surface area contributed by atoms with E-state index in [1.165, 1.54) is 6.20 Å². The molecular weight excluding hydrogens is 316 g/mol. The van der Waals surface area contributed by atoms with E-state index in [9.17, 15) is 9.90 Å². The number of nitrogens with zero attached hydrogens (tertiary/aromatic N) is 3. The van der Waals surface area contributed by atoms with Gasteiger partial charge in [0.15, 0.2) is 11.9 Å². The van der Waals surface area contributed by atoms with Crippen LogP contribution < -0.4 is 9.88 Å². The number of aromatic hydroxyl groups is 1. The fourth-order valence-electron chi connectivity index (χ4n) is 2.19. The third-order valence-corrected chi connectivity index (χ3v) is 3.36. The highest BCUT2D eigenvalue weighted by molar-refractivity contribution is 5.89. The molecule has 3 aromatic rings. The molecule has 0 saturated carbocycles. The van der Waals surface area contributed by atoms with Gasteiger partial charge in [0.05, 0.1) is 11.4 Å². The maximum atomic E-state index is 12.0. The summed E-state index contributed by atoms with van der Waals surface area (Å²) in [7, 11) is 0. The molecule has 1 amide bonds. The third kappa shape index (κ3) is 4.97. The minimum Gasteiger partial charge on any atom is -0.503 e. The number of hydrogen-bond acceptors (Lipinski definition) is 4. The van der Waals surface area contributed by atoms with Gasteiger partial charge < -0.3 is 10.4 Å². The summed E-state index contributed by atoms with van der Waals surface area (Å²) in [5.74, 6) is -0.0716. The number of aromatic nitrogens is 1. The quantitative estimate of drug-likeness (QED) is 0.551. The molecule has 0 unspecified atom stereocenters. The molecule has 0 bridgehead atoms. The van der Waals surface area contributed by atoms with Crippen LogP contribution in [0.1, 0.15) is 0 Å². The summed E-state index contributed by atoms with van der Waals surface area (Å²) in [5.41, 5.74) is 2.15. The Labute approximate surface area is 145 Å². The topological polar surface area (TPSA) is 77.9 Å². The molecule has 0 aliphatic rings. The summed E-state index contributed by atoms with van der Waals surface area (Å²) in [6, 6.07) is 19.8. The van der Waals surface area contributed by atoms with Crippen molar-refractivity contribution in [1.29, 1.82) is 0 Å². The fraction of sp³-hybridized carbons (Fsp3) is 0.0526. The van der Waals surface area contributed by atoms with Crippen LogP contribution in [0.15, 0.2) is 89.4 Å². The first-order valence-electron chi connectivity index (χ1n) is 7.74. The van der Waals surface area contributed by atoms with Crippen LogP contribution in [0.25, 0.3) is 0 Å². The number of azo groups is 1. The molecule has 3 rings (SSSR count). The molecule has 0 aliphatic carbocycles. The van der Waals surface area contributed by atoms with Gasteiger partial charge in [0, 0.05) is 11.8 Å². The maximum Gasteiger partial charge on any atom is 0.290 e. The number of rotatable bonds is 5. The molecule has 0 aliphatic heterocycles. The van der Waals surface area contributed by atoms with Crippen LogP contribution in [0.5, 0.6) is 5.75 Å². The Hall–Kier alpha value is -3.54. The van der Waals surface area contributed by atoms with Gasteiger partial charge in [0.2, 0.25) is 12.7 Å². The molecule has 1 heterocycles. The number of anilines is 1. The number of carbonyl (C=O) groups is 1. The van der Waals surface area contributed by atoms with Crippen LogP contribution in [0.2, 0.25) is 0 Å². The van der Waals surface area contributed by atoms with Gasteiger partial charge in [-0.25, -0.2) is 0 Å². The summed E-state index contributed by atoms with van der Waals surface area (Å²) in [6.07, 6.45) is 3.21. The van der Waals surface area contributed by atoms with Crippen LogP contribution in [0.4, 0.5) is 17.1 Å². The van der Waals surface area contributed by atoms with Crippen LogP contribution in [0, 0.1) is 0 Å². The lowest BCUT2D eigenvalue weighted by Crippen LogP contribution is -2.39. The number of pyridine rings is 1. The Morgan fingerprint density at radius 1 is 0.920 bits per heavy atom. The average molecular weight is 333 g/mol. The van der Waals surface area contributed by atoms with Crippen molar-refractivity contribution in [1.82, 2.24) is 0 Å². The Bertz CT molecular complexity index is 877. The lowest BCUT2D eigenvalue weighted by Gasteiger charge is -2.03. The van der Waals surface area contributed by atoms with Crippen LogP contribution >= 0.6 is 0 Å². The van der Waals surface area contributed by atoms with Crippen molar-refractivity contribution in [2.75, 3.05) is 5.32 Å². The third-order valence-electron chi connectivity index (χ3n) is 3.36. The van der Waals surface area contributed by atoms with Crippen LogP contribution in [0.3, 0.4) is 0 Å². The van der Waals surface area contributed by atoms with Crippen molar-refractivity contribution < 1.29 is 14.5 Å². The lowest BCUT2D eigenvalue weighted by atomic mass is 10.3. The summed E-state index contributed by atoms with van der Waals surface area (Å²) in [5, 5.41) is 20.5. The average Bonchev–Trinajstić information content (AvgIpc) is 2.62. The highest BCUT2D eigenvalue weighted by atomic mass is 16.3. The molecule has 0 atom stereocenters. The van der Waals surface area contributed by atoms with Gasteiger partial charge in [-0.2, -0.15) is 14.8 Å². The summed E-state index contributed by atoms with van der Waals surface area (Å²) in [6.45, 7) is 0.115. The van der Waals surface area contributed by atoms with Crippen LogP contribution in [-0.2, 0) is 11.3 Å². The molecular formula is C19H17N4O2+. The zero-order valence-corrected chi connectivity index (χ0v) is 13.4. The van der Waals surface area contributed by atoms with Crippen molar-refractivity contribution in [2.45, 2.75) is 6.54 Å². The van der Waals surface area contributed by atoms with E-state index < -0.39 is 0 Å². The Kier molecular flexibility index (Phi) is 5.11. The molecule has 0 saturated heterocycles. The number of carbonyl (C=O) groups excluding carboxylic acids is 1. The lowest BCUT2D eigenvalue weighted by molar-refractivity contribution is -0.684. The minimum atomic E-state index is -0.186. The molecule has 2 N–H and O–H groups in total. The van der Waals surface area contributed by atoms with Crippen molar-refractivity contribution in [3.8, 4) is 5.75 Å². The zero-order chi connectivity index (χ0) is 17.5. The van der Waals surface area contributed by atoms with E-state index in [1.54, 1.807) is 47.2 Å². The SMILES string of the molecule is O=C(C[n+]1cccc(O)c1)Nc1ccc(N=Nc2ccccc2)cc1. The summed E-state index contributed by atoms with van der Waals surface area (Å²) >= 11 is 0. The van der Waals surface area contributed by atoms with Crippen molar-refractivity contribution >= 4 is 23.0 Å². The fourth-order valence-corrected chi connectivity index (χ4v) is 2.19. The molecule has 2 aromatic carbocycles. The number of nitrogens with one attached hydrogen (secondary N) is 1. The number of hydrogen-bond donors (Lipinski definition) is 2. The van der Waals surface area contributed by atoms with Crippen LogP contribution in [-0.4, -0.2) is 11.0 Å². The molecule has 0 radical (unpaired) electrons. The highest BCUT2D eigenvalue weighted by Crippen LogP contribution is 2.19. The van der Waals surface area contributed by atoms with Gasteiger partial charge in [-0.1, -0.05) is 18.2 Å². The van der Waals surface area contributed by atoms with Gasteiger partial charge in [0.25, 0.3) is 5.91 Å². The van der Waals surface area contributed by atoms with E-state index in [1.807, 2.05) is 30.3 Å². The standard InChI is InChI=1S/C19H16N4O2/c24-18-7-4-12-23(13-18)14-19(25)20-15-8-10-17(11-9-15)22-21-16-5-2-1-3-6-16/h1-13H,14H2,(H-,20,21,24,25)/p+1. The number of benzene rings is 2. The van der Waals surface area contributed by atoms with Crippen molar-refractivity contribution in [2.24, 2.45) is 10.2 Å². The zero-order valence-electron chi connectivity index (χ0n) is 13.4. The highest BCUT2D eigenvalue weighted by Gasteiger charge is 2.10. The Morgan fingerprint density at radius 2 is 1.60 bits per heavy atom. The Balaban J connectivity index is 1.58. The molecule has 0 fully saturated rings. The van der Waals surface area contributed by atoms with Gasteiger partial charge in [0.1, 0.15) is 0 Å². The molecule has 0 spiro atoms. The number of amides is 1. The van der Waals surface area contributed by atoms with Gasteiger partial charge in [-0.15, -0.1) is 0 Å². The first-order chi connectivity index (χ1) is 12.2. The first-order valence-corrected chi connectivity index (χ1v) is 7.74. The second kappa shape index (κ2) is 7.83. The second-order valence-corrected chi connectivity index (χ2v) is 5.37. The normalized spacial score (nSPS) is 10.7. The Morgan fingerprint density at radius 3 is 2.28 bits per heavy atom. The smallest absolute Gasteiger partial charge is 0.290 e. The summed E-state index contributed by atoms with van der Waals surface area (Å²) in [4.78, 5) is 12.0. The van der Waals surface area contributed by atoms with Gasteiger partial charge >= 0.3 is 0 Å². The van der Waals surface area contributed by atoms with E-state index in [4.69, 9.17) is 0 Å². The monoisotopic (exact) mass is 333 g/mol. The second-order valence-electron chi connectivity index (χ2n) is 5.37. The summed E-state index contributed by atoms with van der Waals surface area (Å²) < 4.78 is 1.60.